The van der Waals surface area contributed by atoms with Gasteiger partial charge in [0.05, 0.1) is 26.4 Å². The van der Waals surface area contributed by atoms with E-state index in [-0.39, 0.29) is 51.9 Å². The highest BCUT2D eigenvalue weighted by Gasteiger charge is 2.29. The standard InChI is InChI=1S/C28H40N6O8/c1-18(2)25(33-22(35)17-42-16-15-41-14-13-34-23(36)10-11-24(34)37)27(39)32-21(5-4-12-30-28(29)40)26(38)31-20-8-6-19(3)7-9-20/h6-11,18,21,25H,4-5,12-17H2,1-3H3,(H,31,38)(H,32,39)(H,33,35)(H3,29,30,40)/t21-,25-/m0/s1. The molecule has 0 bridgehead atoms. The number of ether oxygens (including phenoxy) is 2. The number of benzene rings is 1. The Labute approximate surface area is 244 Å². The number of nitrogens with two attached hydrogens (primary N) is 1. The molecule has 1 aromatic rings. The van der Waals surface area contributed by atoms with Crippen molar-refractivity contribution in [1.29, 1.82) is 0 Å². The average molecular weight is 589 g/mol. The Morgan fingerprint density at radius 1 is 0.905 bits per heavy atom. The SMILES string of the molecule is Cc1ccc(NC(=O)[C@H](CCCNC(N)=O)NC(=O)[C@@H](NC(=O)COCCOCCN2C(=O)C=CC2=O)C(C)C)cc1. The van der Waals surface area contributed by atoms with Crippen molar-refractivity contribution in [2.24, 2.45) is 11.7 Å². The Morgan fingerprint density at radius 3 is 2.17 bits per heavy atom. The van der Waals surface area contributed by atoms with Crippen LogP contribution in [0.5, 0.6) is 0 Å². The number of imide groups is 1. The van der Waals surface area contributed by atoms with Gasteiger partial charge in [0.1, 0.15) is 18.7 Å². The Hall–Kier alpha value is -4.30. The summed E-state index contributed by atoms with van der Waals surface area (Å²) in [6, 6.07) is 4.60. The topological polar surface area (TPSA) is 198 Å². The maximum absolute atomic E-state index is 13.2. The Balaban J connectivity index is 1.83. The summed E-state index contributed by atoms with van der Waals surface area (Å²) < 4.78 is 10.6. The maximum atomic E-state index is 13.2. The molecule has 0 saturated heterocycles. The summed E-state index contributed by atoms with van der Waals surface area (Å²) in [5, 5.41) is 10.6. The lowest BCUT2D eigenvalue weighted by Gasteiger charge is -2.25. The molecule has 230 valence electrons. The summed E-state index contributed by atoms with van der Waals surface area (Å²) in [6.45, 7) is 5.76. The molecular weight excluding hydrogens is 548 g/mol. The van der Waals surface area contributed by atoms with Gasteiger partial charge in [-0.25, -0.2) is 4.79 Å². The lowest BCUT2D eigenvalue weighted by Crippen LogP contribution is -2.55. The highest BCUT2D eigenvalue weighted by atomic mass is 16.5. The van der Waals surface area contributed by atoms with E-state index < -0.39 is 47.7 Å². The largest absolute Gasteiger partial charge is 0.377 e. The number of carbonyl (C=O) groups excluding carboxylic acids is 6. The molecule has 42 heavy (non-hydrogen) atoms. The minimum atomic E-state index is -0.945. The van der Waals surface area contributed by atoms with Crippen molar-refractivity contribution in [2.45, 2.75) is 45.7 Å². The number of carbonyl (C=O) groups is 6. The number of primary amides is 1. The van der Waals surface area contributed by atoms with Crippen molar-refractivity contribution < 1.29 is 38.2 Å². The van der Waals surface area contributed by atoms with Gasteiger partial charge in [-0.1, -0.05) is 31.5 Å². The second-order valence-corrected chi connectivity index (χ2v) is 9.97. The molecule has 6 N–H and O–H groups in total. The minimum absolute atomic E-state index is 0.0761. The molecule has 0 radical (unpaired) electrons. The van der Waals surface area contributed by atoms with Gasteiger partial charge in [0.2, 0.25) is 17.7 Å². The van der Waals surface area contributed by atoms with Crippen LogP contribution in [0.2, 0.25) is 0 Å². The quantitative estimate of drug-likeness (QED) is 0.116. The number of hydrogen-bond donors (Lipinski definition) is 5. The van der Waals surface area contributed by atoms with Crippen molar-refractivity contribution in [1.82, 2.24) is 20.9 Å². The van der Waals surface area contributed by atoms with Crippen LogP contribution in [0.15, 0.2) is 36.4 Å². The second kappa shape index (κ2) is 17.5. The van der Waals surface area contributed by atoms with E-state index in [1.54, 1.807) is 26.0 Å². The van der Waals surface area contributed by atoms with Crippen LogP contribution < -0.4 is 27.0 Å². The first-order valence-electron chi connectivity index (χ1n) is 13.7. The summed E-state index contributed by atoms with van der Waals surface area (Å²) in [5.41, 5.74) is 6.68. The molecule has 0 aliphatic carbocycles. The molecule has 1 aliphatic heterocycles. The highest BCUT2D eigenvalue weighted by molar-refractivity contribution is 6.12. The van der Waals surface area contributed by atoms with Gasteiger partial charge in [-0.2, -0.15) is 0 Å². The molecule has 0 fully saturated rings. The lowest BCUT2D eigenvalue weighted by molar-refractivity contribution is -0.138. The lowest BCUT2D eigenvalue weighted by atomic mass is 10.0. The third-order valence-corrected chi connectivity index (χ3v) is 6.15. The van der Waals surface area contributed by atoms with Crippen LogP contribution in [0, 0.1) is 12.8 Å². The summed E-state index contributed by atoms with van der Waals surface area (Å²) in [7, 11) is 0. The van der Waals surface area contributed by atoms with E-state index >= 15 is 0 Å². The zero-order chi connectivity index (χ0) is 31.1. The normalized spacial score (nSPS) is 14.0. The molecule has 0 unspecified atom stereocenters. The van der Waals surface area contributed by atoms with Crippen molar-refractivity contribution in [3.8, 4) is 0 Å². The van der Waals surface area contributed by atoms with Gasteiger partial charge in [-0.05, 0) is 37.8 Å². The molecule has 1 aliphatic rings. The van der Waals surface area contributed by atoms with E-state index in [1.165, 1.54) is 12.2 Å². The summed E-state index contributed by atoms with van der Waals surface area (Å²) in [4.78, 5) is 73.7. The van der Waals surface area contributed by atoms with Crippen LogP contribution in [-0.2, 0) is 33.4 Å². The van der Waals surface area contributed by atoms with Crippen molar-refractivity contribution in [2.75, 3.05) is 44.8 Å². The number of amides is 7. The fourth-order valence-electron chi connectivity index (χ4n) is 3.86. The van der Waals surface area contributed by atoms with Gasteiger partial charge in [0.25, 0.3) is 11.8 Å². The number of hydrogen-bond acceptors (Lipinski definition) is 8. The summed E-state index contributed by atoms with van der Waals surface area (Å²) >= 11 is 0. The first-order valence-corrected chi connectivity index (χ1v) is 13.7. The first-order chi connectivity index (χ1) is 20.0. The van der Waals surface area contributed by atoms with E-state index in [1.807, 2.05) is 19.1 Å². The Morgan fingerprint density at radius 2 is 1.55 bits per heavy atom. The fraction of sp³-hybridized carbons (Fsp3) is 0.500. The van der Waals surface area contributed by atoms with Gasteiger partial charge < -0.3 is 36.5 Å². The molecular formula is C28H40N6O8. The molecule has 2 atom stereocenters. The average Bonchev–Trinajstić information content (AvgIpc) is 3.25. The van der Waals surface area contributed by atoms with Gasteiger partial charge >= 0.3 is 6.03 Å². The Kier molecular flexibility index (Phi) is 14.1. The predicted molar refractivity (Wildman–Crippen MR) is 153 cm³/mol. The second-order valence-electron chi connectivity index (χ2n) is 9.97. The molecule has 0 spiro atoms. The smallest absolute Gasteiger partial charge is 0.312 e. The number of nitrogens with one attached hydrogen (secondary N) is 4. The van der Waals surface area contributed by atoms with Crippen LogP contribution in [-0.4, -0.2) is 92.1 Å². The zero-order valence-corrected chi connectivity index (χ0v) is 24.1. The molecule has 0 saturated carbocycles. The van der Waals surface area contributed by atoms with Crippen LogP contribution in [0.3, 0.4) is 0 Å². The van der Waals surface area contributed by atoms with E-state index in [2.05, 4.69) is 21.3 Å². The van der Waals surface area contributed by atoms with Crippen LogP contribution in [0.1, 0.15) is 32.3 Å². The third-order valence-electron chi connectivity index (χ3n) is 6.15. The van der Waals surface area contributed by atoms with Crippen LogP contribution in [0.4, 0.5) is 10.5 Å². The monoisotopic (exact) mass is 588 g/mol. The van der Waals surface area contributed by atoms with Crippen LogP contribution in [0.25, 0.3) is 0 Å². The van der Waals surface area contributed by atoms with Crippen molar-refractivity contribution in [3.63, 3.8) is 0 Å². The van der Waals surface area contributed by atoms with Crippen LogP contribution >= 0.6 is 0 Å². The Bertz CT molecular complexity index is 1120. The number of nitrogens with zero attached hydrogens (tertiary/aromatic N) is 1. The first kappa shape index (κ1) is 33.9. The molecule has 1 heterocycles. The van der Waals surface area contributed by atoms with Crippen molar-refractivity contribution >= 4 is 41.3 Å². The molecule has 14 nitrogen and oxygen atoms in total. The predicted octanol–water partition coefficient (Wildman–Crippen LogP) is -0.0342. The van der Waals surface area contributed by atoms with E-state index in [0.29, 0.717) is 12.1 Å². The summed E-state index contributed by atoms with van der Waals surface area (Å²) in [6.07, 6.45) is 2.96. The maximum Gasteiger partial charge on any atom is 0.312 e. The minimum Gasteiger partial charge on any atom is -0.377 e. The molecule has 7 amide bonds. The number of anilines is 1. The molecule has 1 aromatic carbocycles. The molecule has 0 aromatic heterocycles. The third kappa shape index (κ3) is 12.1. The van der Waals surface area contributed by atoms with Gasteiger partial charge in [-0.15, -0.1) is 0 Å². The van der Waals surface area contributed by atoms with Crippen molar-refractivity contribution in [3.05, 3.63) is 42.0 Å². The van der Waals surface area contributed by atoms with Gasteiger partial charge in [0, 0.05) is 24.4 Å². The molecule has 2 rings (SSSR count). The van der Waals surface area contributed by atoms with E-state index in [4.69, 9.17) is 15.2 Å². The highest BCUT2D eigenvalue weighted by Crippen LogP contribution is 2.11. The zero-order valence-electron chi connectivity index (χ0n) is 24.1. The van der Waals surface area contributed by atoms with Gasteiger partial charge in [-0.3, -0.25) is 28.9 Å². The van der Waals surface area contributed by atoms with E-state index in [0.717, 1.165) is 10.5 Å². The fourth-order valence-corrected chi connectivity index (χ4v) is 3.86. The molecule has 14 heteroatoms. The number of aryl methyl sites for hydroxylation is 1. The number of urea groups is 1. The summed E-state index contributed by atoms with van der Waals surface area (Å²) in [5.74, 6) is -2.61. The number of rotatable bonds is 18. The van der Waals surface area contributed by atoms with Gasteiger partial charge in [0.15, 0.2) is 0 Å². The van der Waals surface area contributed by atoms with E-state index in [9.17, 15) is 28.8 Å².